The summed E-state index contributed by atoms with van der Waals surface area (Å²) in [6.45, 7) is 0.445. The fraction of sp³-hybridized carbons (Fsp3) is 0.0476. The van der Waals surface area contributed by atoms with Crippen LogP contribution in [0.3, 0.4) is 0 Å². The molecule has 0 saturated heterocycles. The molecule has 1 aromatic heterocycles. The van der Waals surface area contributed by atoms with Gasteiger partial charge in [0, 0.05) is 5.02 Å². The summed E-state index contributed by atoms with van der Waals surface area (Å²) < 4.78 is 8.74. The first-order chi connectivity index (χ1) is 14.1. The standard InChI is InChI=1S/C21H14Br2ClN3OS/c22-16-9-14(11-25-27-21-26-18-3-1-2-4-19(18)29-21)10-17(23)20(16)28-12-13-5-7-15(24)8-6-13/h1-11H,12H2,(H,26,27)/b25-11+. The number of hydrogen-bond donors (Lipinski definition) is 1. The average Bonchev–Trinajstić information content (AvgIpc) is 3.11. The summed E-state index contributed by atoms with van der Waals surface area (Å²) in [5, 5.41) is 5.76. The van der Waals surface area contributed by atoms with Crippen molar-refractivity contribution in [1.29, 1.82) is 0 Å². The molecule has 0 radical (unpaired) electrons. The number of benzene rings is 3. The third-order valence-corrected chi connectivity index (χ3v) is 6.36. The van der Waals surface area contributed by atoms with E-state index in [4.69, 9.17) is 16.3 Å². The van der Waals surface area contributed by atoms with E-state index in [0.717, 1.165) is 41.2 Å². The van der Waals surface area contributed by atoms with Crippen molar-refractivity contribution < 1.29 is 4.74 Å². The van der Waals surface area contributed by atoms with Gasteiger partial charge in [0.15, 0.2) is 0 Å². The molecule has 4 nitrogen and oxygen atoms in total. The Morgan fingerprint density at radius 2 is 1.79 bits per heavy atom. The molecule has 1 heterocycles. The Bertz CT molecular complexity index is 1120. The predicted molar refractivity (Wildman–Crippen MR) is 128 cm³/mol. The fourth-order valence-electron chi connectivity index (χ4n) is 2.61. The highest BCUT2D eigenvalue weighted by atomic mass is 79.9. The Balaban J connectivity index is 1.43. The molecule has 1 N–H and O–H groups in total. The molecule has 8 heteroatoms. The Labute approximate surface area is 193 Å². The lowest BCUT2D eigenvalue weighted by Crippen LogP contribution is -1.98. The lowest BCUT2D eigenvalue weighted by Gasteiger charge is -2.11. The number of aromatic nitrogens is 1. The molecule has 29 heavy (non-hydrogen) atoms. The van der Waals surface area contributed by atoms with Crippen LogP contribution in [0.1, 0.15) is 11.1 Å². The second kappa shape index (κ2) is 9.26. The molecule has 0 saturated carbocycles. The summed E-state index contributed by atoms with van der Waals surface area (Å²) in [6.07, 6.45) is 1.74. The Kier molecular flexibility index (Phi) is 6.50. The van der Waals surface area contributed by atoms with Gasteiger partial charge in [-0.3, -0.25) is 5.43 Å². The van der Waals surface area contributed by atoms with Crippen LogP contribution in [-0.4, -0.2) is 11.2 Å². The van der Waals surface area contributed by atoms with Gasteiger partial charge in [-0.15, -0.1) is 0 Å². The Morgan fingerprint density at radius 1 is 1.07 bits per heavy atom. The predicted octanol–water partition coefficient (Wildman–Crippen LogP) is 7.50. The molecule has 0 aliphatic carbocycles. The largest absolute Gasteiger partial charge is 0.487 e. The average molecular weight is 552 g/mol. The number of hydrogen-bond acceptors (Lipinski definition) is 5. The topological polar surface area (TPSA) is 46.5 Å². The van der Waals surface area contributed by atoms with Gasteiger partial charge < -0.3 is 4.74 Å². The first-order valence-electron chi connectivity index (χ1n) is 8.59. The summed E-state index contributed by atoms with van der Waals surface area (Å²) in [4.78, 5) is 4.50. The van der Waals surface area contributed by atoms with Crippen LogP contribution in [-0.2, 0) is 6.61 Å². The monoisotopic (exact) mass is 549 g/mol. The van der Waals surface area contributed by atoms with Crippen molar-refractivity contribution in [2.24, 2.45) is 5.10 Å². The number of nitrogens with one attached hydrogen (secondary N) is 1. The van der Waals surface area contributed by atoms with Crippen molar-refractivity contribution >= 4 is 76.4 Å². The molecule has 146 valence electrons. The SMILES string of the molecule is Clc1ccc(COc2c(Br)cc(/C=N/Nc3nc4ccccc4s3)cc2Br)cc1. The van der Waals surface area contributed by atoms with Crippen LogP contribution in [0.25, 0.3) is 10.2 Å². The summed E-state index contributed by atoms with van der Waals surface area (Å²) in [6, 6.07) is 19.5. The van der Waals surface area contributed by atoms with Gasteiger partial charge in [-0.1, -0.05) is 47.2 Å². The minimum Gasteiger partial charge on any atom is -0.487 e. The first kappa shape index (κ1) is 20.3. The molecule has 0 aliphatic rings. The number of ether oxygens (including phenoxy) is 1. The maximum atomic E-state index is 5.95. The van der Waals surface area contributed by atoms with Gasteiger partial charge in [-0.2, -0.15) is 5.10 Å². The zero-order valence-corrected chi connectivity index (χ0v) is 19.6. The van der Waals surface area contributed by atoms with Crippen molar-refractivity contribution in [3.05, 3.63) is 85.8 Å². The van der Waals surface area contributed by atoms with E-state index in [-0.39, 0.29) is 0 Å². The van der Waals surface area contributed by atoms with Crippen LogP contribution in [0.2, 0.25) is 5.02 Å². The molecule has 0 bridgehead atoms. The minimum atomic E-state index is 0.445. The van der Waals surface area contributed by atoms with Crippen LogP contribution < -0.4 is 10.2 Å². The van der Waals surface area contributed by atoms with E-state index in [0.29, 0.717) is 11.6 Å². The zero-order chi connectivity index (χ0) is 20.2. The molecule has 0 amide bonds. The molecular formula is C21H14Br2ClN3OS. The van der Waals surface area contributed by atoms with Crippen LogP contribution in [0.5, 0.6) is 5.75 Å². The maximum absolute atomic E-state index is 5.95. The van der Waals surface area contributed by atoms with E-state index in [1.54, 1.807) is 17.6 Å². The fourth-order valence-corrected chi connectivity index (χ4v) is 5.00. The third-order valence-electron chi connectivity index (χ3n) is 3.98. The normalized spacial score (nSPS) is 11.3. The molecule has 4 rings (SSSR count). The molecule has 0 aliphatic heterocycles. The van der Waals surface area contributed by atoms with Crippen LogP contribution in [0.4, 0.5) is 5.13 Å². The lowest BCUT2D eigenvalue weighted by molar-refractivity contribution is 0.302. The number of rotatable bonds is 6. The second-order valence-electron chi connectivity index (χ2n) is 6.09. The van der Waals surface area contributed by atoms with Crippen molar-refractivity contribution in [3.8, 4) is 5.75 Å². The van der Waals surface area contributed by atoms with Crippen LogP contribution in [0.15, 0.2) is 74.7 Å². The smallest absolute Gasteiger partial charge is 0.204 e. The van der Waals surface area contributed by atoms with Gasteiger partial charge in [0.2, 0.25) is 5.13 Å². The van der Waals surface area contributed by atoms with Crippen LogP contribution >= 0.6 is 54.8 Å². The van der Waals surface area contributed by atoms with Crippen LogP contribution in [0, 0.1) is 0 Å². The number of fused-ring (bicyclic) bond motifs is 1. The lowest BCUT2D eigenvalue weighted by atomic mass is 10.2. The number of thiazole rings is 1. The maximum Gasteiger partial charge on any atom is 0.204 e. The summed E-state index contributed by atoms with van der Waals surface area (Å²) in [7, 11) is 0. The van der Waals surface area contributed by atoms with Crippen molar-refractivity contribution in [2.45, 2.75) is 6.61 Å². The third kappa shape index (κ3) is 5.17. The summed E-state index contributed by atoms with van der Waals surface area (Å²) in [5.74, 6) is 0.733. The Hall–Kier alpha value is -1.93. The zero-order valence-electron chi connectivity index (χ0n) is 14.9. The van der Waals surface area contributed by atoms with E-state index in [9.17, 15) is 0 Å². The number of halogens is 3. The molecule has 0 fully saturated rings. The second-order valence-corrected chi connectivity index (χ2v) is 9.26. The molecule has 0 atom stereocenters. The van der Waals surface area contributed by atoms with Gasteiger partial charge in [-0.25, -0.2) is 4.98 Å². The highest BCUT2D eigenvalue weighted by molar-refractivity contribution is 9.11. The van der Waals surface area contributed by atoms with Crippen molar-refractivity contribution in [3.63, 3.8) is 0 Å². The Morgan fingerprint density at radius 3 is 2.52 bits per heavy atom. The molecular weight excluding hydrogens is 538 g/mol. The van der Waals surface area contributed by atoms with E-state index < -0.39 is 0 Å². The van der Waals surface area contributed by atoms with E-state index >= 15 is 0 Å². The number of anilines is 1. The van der Waals surface area contributed by atoms with Crippen molar-refractivity contribution in [1.82, 2.24) is 4.98 Å². The summed E-state index contributed by atoms with van der Waals surface area (Å²) in [5.41, 5.74) is 5.91. The van der Waals surface area contributed by atoms with E-state index in [2.05, 4.69) is 47.4 Å². The van der Waals surface area contributed by atoms with Gasteiger partial charge in [0.25, 0.3) is 0 Å². The van der Waals surface area contributed by atoms with Gasteiger partial charge in [-0.05, 0) is 79.4 Å². The molecule has 0 unspecified atom stereocenters. The van der Waals surface area contributed by atoms with E-state index in [1.807, 2.05) is 60.7 Å². The highest BCUT2D eigenvalue weighted by Crippen LogP contribution is 2.35. The van der Waals surface area contributed by atoms with Gasteiger partial charge in [0.05, 0.1) is 25.4 Å². The van der Waals surface area contributed by atoms with Crippen molar-refractivity contribution in [2.75, 3.05) is 5.43 Å². The number of hydrazone groups is 1. The molecule has 4 aromatic rings. The minimum absolute atomic E-state index is 0.445. The number of para-hydroxylation sites is 1. The summed E-state index contributed by atoms with van der Waals surface area (Å²) >= 11 is 14.6. The van der Waals surface area contributed by atoms with Gasteiger partial charge >= 0.3 is 0 Å². The number of nitrogens with zero attached hydrogens (tertiary/aromatic N) is 2. The highest BCUT2D eigenvalue weighted by Gasteiger charge is 2.09. The molecule has 3 aromatic carbocycles. The quantitative estimate of drug-likeness (QED) is 0.199. The molecule has 0 spiro atoms. The van der Waals surface area contributed by atoms with E-state index in [1.165, 1.54) is 0 Å². The first-order valence-corrected chi connectivity index (χ1v) is 11.4. The van der Waals surface area contributed by atoms with Gasteiger partial charge in [0.1, 0.15) is 12.4 Å².